The number of ether oxygens (including phenoxy) is 1. The summed E-state index contributed by atoms with van der Waals surface area (Å²) in [5.74, 6) is 0.988. The van der Waals surface area contributed by atoms with Gasteiger partial charge in [0.2, 0.25) is 5.91 Å². The van der Waals surface area contributed by atoms with Gasteiger partial charge >= 0.3 is 0 Å². The second kappa shape index (κ2) is 8.62. The fourth-order valence-corrected chi connectivity index (χ4v) is 3.73. The van der Waals surface area contributed by atoms with Crippen LogP contribution in [0.5, 0.6) is 5.75 Å². The zero-order chi connectivity index (χ0) is 22.0. The number of aromatic nitrogens is 2. The molecule has 0 atom stereocenters. The maximum absolute atomic E-state index is 12.9. The number of hydrogen-bond acceptors (Lipinski definition) is 4. The van der Waals surface area contributed by atoms with Crippen molar-refractivity contribution in [1.29, 1.82) is 0 Å². The maximum Gasteiger partial charge on any atom is 0.265 e. The number of carbonyl (C=O) groups is 1. The molecule has 0 spiro atoms. The summed E-state index contributed by atoms with van der Waals surface area (Å²) in [6.45, 7) is 1.80. The second-order valence-corrected chi connectivity index (χ2v) is 7.46. The molecular weight excluding hydrogens is 414 g/mol. The number of halogens is 1. The molecule has 1 aromatic heterocycles. The van der Waals surface area contributed by atoms with Crippen LogP contribution >= 0.6 is 11.6 Å². The molecule has 7 heteroatoms. The van der Waals surface area contributed by atoms with Gasteiger partial charge in [-0.05, 0) is 61.0 Å². The van der Waals surface area contributed by atoms with E-state index in [9.17, 15) is 9.59 Å². The molecule has 0 aliphatic heterocycles. The minimum atomic E-state index is -0.172. The van der Waals surface area contributed by atoms with Crippen molar-refractivity contribution in [3.63, 3.8) is 0 Å². The summed E-state index contributed by atoms with van der Waals surface area (Å²) in [5, 5.41) is 3.88. The van der Waals surface area contributed by atoms with Crippen LogP contribution in [-0.4, -0.2) is 22.6 Å². The quantitative estimate of drug-likeness (QED) is 0.501. The summed E-state index contributed by atoms with van der Waals surface area (Å²) in [6, 6.07) is 19.6. The van der Waals surface area contributed by atoms with Crippen LogP contribution in [0.2, 0.25) is 5.02 Å². The van der Waals surface area contributed by atoms with Gasteiger partial charge in [0.05, 0.1) is 35.1 Å². The molecule has 0 saturated carbocycles. The molecule has 4 rings (SSSR count). The predicted octanol–water partition coefficient (Wildman–Crippen LogP) is 4.54. The Morgan fingerprint density at radius 3 is 2.55 bits per heavy atom. The SMILES string of the molecule is COc1ccc(CC(=O)Nc2ccc(-n3c(C)nc4ccccc4c3=O)cc2)cc1Cl. The van der Waals surface area contributed by atoms with Gasteiger partial charge in [0.15, 0.2) is 0 Å². The smallest absolute Gasteiger partial charge is 0.265 e. The lowest BCUT2D eigenvalue weighted by molar-refractivity contribution is -0.115. The zero-order valence-corrected chi connectivity index (χ0v) is 17.8. The molecule has 156 valence electrons. The number of amides is 1. The highest BCUT2D eigenvalue weighted by atomic mass is 35.5. The molecule has 0 aliphatic rings. The molecule has 1 N–H and O–H groups in total. The van der Waals surface area contributed by atoms with Crippen molar-refractivity contribution in [2.24, 2.45) is 0 Å². The molecule has 0 bridgehead atoms. The Labute approximate surface area is 184 Å². The number of rotatable bonds is 5. The van der Waals surface area contributed by atoms with Gasteiger partial charge in [-0.15, -0.1) is 0 Å². The highest BCUT2D eigenvalue weighted by Gasteiger charge is 2.11. The van der Waals surface area contributed by atoms with Crippen molar-refractivity contribution >= 4 is 34.1 Å². The van der Waals surface area contributed by atoms with Crippen LogP contribution in [0.25, 0.3) is 16.6 Å². The van der Waals surface area contributed by atoms with Gasteiger partial charge in [0.25, 0.3) is 5.56 Å². The molecule has 1 heterocycles. The maximum atomic E-state index is 12.9. The molecule has 4 aromatic rings. The zero-order valence-electron chi connectivity index (χ0n) is 17.1. The minimum Gasteiger partial charge on any atom is -0.495 e. The van der Waals surface area contributed by atoms with Crippen molar-refractivity contribution in [3.05, 3.63) is 93.5 Å². The first-order valence-electron chi connectivity index (χ1n) is 9.67. The summed E-state index contributed by atoms with van der Waals surface area (Å²) >= 11 is 6.12. The summed E-state index contributed by atoms with van der Waals surface area (Å²) < 4.78 is 6.69. The van der Waals surface area contributed by atoms with E-state index in [1.165, 1.54) is 0 Å². The summed E-state index contributed by atoms with van der Waals surface area (Å²) in [7, 11) is 1.54. The van der Waals surface area contributed by atoms with Crippen LogP contribution in [0.15, 0.2) is 71.5 Å². The lowest BCUT2D eigenvalue weighted by Gasteiger charge is -2.12. The van der Waals surface area contributed by atoms with Crippen LogP contribution in [0.1, 0.15) is 11.4 Å². The van der Waals surface area contributed by atoms with Crippen molar-refractivity contribution in [2.45, 2.75) is 13.3 Å². The first-order valence-corrected chi connectivity index (χ1v) is 10.0. The first kappa shape index (κ1) is 20.6. The number of nitrogens with zero attached hydrogens (tertiary/aromatic N) is 2. The van der Waals surface area contributed by atoms with Gasteiger partial charge < -0.3 is 10.1 Å². The topological polar surface area (TPSA) is 73.2 Å². The van der Waals surface area contributed by atoms with Gasteiger partial charge in [0, 0.05) is 5.69 Å². The van der Waals surface area contributed by atoms with Gasteiger partial charge in [-0.2, -0.15) is 0 Å². The fourth-order valence-electron chi connectivity index (χ4n) is 3.45. The fraction of sp³-hybridized carbons (Fsp3) is 0.125. The number of aryl methyl sites for hydroxylation is 1. The standard InChI is InChI=1S/C24H20ClN3O3/c1-15-26-21-6-4-3-5-19(21)24(30)28(15)18-10-8-17(9-11-18)27-23(29)14-16-7-12-22(31-2)20(25)13-16/h3-13H,14H2,1-2H3,(H,27,29). The van der Waals surface area contributed by atoms with Crippen LogP contribution in [0, 0.1) is 6.92 Å². The Kier molecular flexibility index (Phi) is 5.73. The number of benzene rings is 3. The number of methoxy groups -OCH3 is 1. The molecule has 0 saturated heterocycles. The Morgan fingerprint density at radius 1 is 1.10 bits per heavy atom. The molecule has 1 amide bonds. The average Bonchev–Trinajstić information content (AvgIpc) is 2.75. The van der Waals surface area contributed by atoms with Gasteiger partial charge in [0.1, 0.15) is 11.6 Å². The number of carbonyl (C=O) groups excluding carboxylic acids is 1. The molecule has 0 unspecified atom stereocenters. The van der Waals surface area contributed by atoms with Crippen LogP contribution in [0.3, 0.4) is 0 Å². The van der Waals surface area contributed by atoms with Gasteiger partial charge in [-0.3, -0.25) is 14.2 Å². The van der Waals surface area contributed by atoms with E-state index in [-0.39, 0.29) is 17.9 Å². The van der Waals surface area contributed by atoms with E-state index in [1.54, 1.807) is 67.1 Å². The van der Waals surface area contributed by atoms with Crippen molar-refractivity contribution in [3.8, 4) is 11.4 Å². The van der Waals surface area contributed by atoms with E-state index in [1.807, 2.05) is 18.2 Å². The molecule has 31 heavy (non-hydrogen) atoms. The van der Waals surface area contributed by atoms with E-state index < -0.39 is 0 Å². The van der Waals surface area contributed by atoms with Crippen molar-refractivity contribution in [1.82, 2.24) is 9.55 Å². The Balaban J connectivity index is 1.52. The summed E-state index contributed by atoms with van der Waals surface area (Å²) in [4.78, 5) is 29.9. The Morgan fingerprint density at radius 2 is 1.84 bits per heavy atom. The van der Waals surface area contributed by atoms with Crippen LogP contribution in [0.4, 0.5) is 5.69 Å². The Hall–Kier alpha value is -3.64. The monoisotopic (exact) mass is 433 g/mol. The molecule has 0 fully saturated rings. The van der Waals surface area contributed by atoms with Gasteiger partial charge in [-0.25, -0.2) is 4.98 Å². The second-order valence-electron chi connectivity index (χ2n) is 7.06. The van der Waals surface area contributed by atoms with Crippen molar-refractivity contribution in [2.75, 3.05) is 12.4 Å². The third-order valence-electron chi connectivity index (χ3n) is 4.93. The largest absolute Gasteiger partial charge is 0.495 e. The van der Waals surface area contributed by atoms with E-state index >= 15 is 0 Å². The number of nitrogens with one attached hydrogen (secondary N) is 1. The van der Waals surface area contributed by atoms with E-state index in [0.717, 1.165) is 5.56 Å². The third kappa shape index (κ3) is 4.29. The van der Waals surface area contributed by atoms with Crippen molar-refractivity contribution < 1.29 is 9.53 Å². The highest BCUT2D eigenvalue weighted by Crippen LogP contribution is 2.25. The molecular formula is C24H20ClN3O3. The lowest BCUT2D eigenvalue weighted by Crippen LogP contribution is -2.22. The first-order chi connectivity index (χ1) is 15.0. The average molecular weight is 434 g/mol. The molecule has 0 aliphatic carbocycles. The van der Waals surface area contributed by atoms with Crippen LogP contribution < -0.4 is 15.6 Å². The molecule has 3 aromatic carbocycles. The van der Waals surface area contributed by atoms with Gasteiger partial charge in [-0.1, -0.05) is 29.8 Å². The lowest BCUT2D eigenvalue weighted by atomic mass is 10.1. The summed E-state index contributed by atoms with van der Waals surface area (Å²) in [6.07, 6.45) is 0.179. The normalized spacial score (nSPS) is 10.8. The molecule has 6 nitrogen and oxygen atoms in total. The summed E-state index contributed by atoms with van der Waals surface area (Å²) in [5.41, 5.74) is 2.64. The Bertz CT molecular complexity index is 1330. The van der Waals surface area contributed by atoms with E-state index in [2.05, 4.69) is 10.3 Å². The number of hydrogen-bond donors (Lipinski definition) is 1. The molecule has 0 radical (unpaired) electrons. The third-order valence-corrected chi connectivity index (χ3v) is 5.23. The van der Waals surface area contributed by atoms with Crippen LogP contribution in [-0.2, 0) is 11.2 Å². The highest BCUT2D eigenvalue weighted by molar-refractivity contribution is 6.32. The minimum absolute atomic E-state index is 0.128. The van der Waals surface area contributed by atoms with E-state index in [4.69, 9.17) is 16.3 Å². The van der Waals surface area contributed by atoms with E-state index in [0.29, 0.717) is 38.9 Å². The number of fused-ring (bicyclic) bond motifs is 1. The number of para-hydroxylation sites is 1. The number of anilines is 1. The predicted molar refractivity (Wildman–Crippen MR) is 122 cm³/mol.